The fourth-order valence-electron chi connectivity index (χ4n) is 4.34. The summed E-state index contributed by atoms with van der Waals surface area (Å²) in [6.07, 6.45) is 6.33. The number of rotatable bonds is 8. The van der Waals surface area contributed by atoms with E-state index in [1.54, 1.807) is 0 Å². The molecule has 0 aliphatic carbocycles. The lowest BCUT2D eigenvalue weighted by atomic mass is 9.96. The van der Waals surface area contributed by atoms with Gasteiger partial charge in [-0.15, -0.1) is 0 Å². The summed E-state index contributed by atoms with van der Waals surface area (Å²) in [7, 11) is 0. The van der Waals surface area contributed by atoms with Crippen molar-refractivity contribution in [3.63, 3.8) is 0 Å². The Kier molecular flexibility index (Phi) is 7.77. The fraction of sp³-hybridized carbons (Fsp3) is 0.346. The van der Waals surface area contributed by atoms with E-state index in [0.29, 0.717) is 18.7 Å². The summed E-state index contributed by atoms with van der Waals surface area (Å²) in [5.41, 5.74) is 4.02. The molecule has 0 saturated carbocycles. The largest absolute Gasteiger partial charge is 0.355 e. The van der Waals surface area contributed by atoms with Gasteiger partial charge in [0.05, 0.1) is 23.9 Å². The molecule has 0 radical (unpaired) electrons. The van der Waals surface area contributed by atoms with Crippen LogP contribution in [0.4, 0.5) is 0 Å². The van der Waals surface area contributed by atoms with E-state index in [-0.39, 0.29) is 11.8 Å². The van der Waals surface area contributed by atoms with Crippen molar-refractivity contribution in [2.24, 2.45) is 5.92 Å². The Morgan fingerprint density at radius 2 is 2.03 bits per heavy atom. The molecular formula is C26H28ClN5O. The molecule has 2 aromatic carbocycles. The van der Waals surface area contributed by atoms with Gasteiger partial charge in [-0.1, -0.05) is 35.9 Å². The first kappa shape index (κ1) is 23.0. The highest BCUT2D eigenvalue weighted by Crippen LogP contribution is 2.20. The maximum Gasteiger partial charge on any atom is 0.224 e. The lowest BCUT2D eigenvalue weighted by Crippen LogP contribution is -2.43. The summed E-state index contributed by atoms with van der Waals surface area (Å²) in [4.78, 5) is 19.4. The van der Waals surface area contributed by atoms with Crippen molar-refractivity contribution in [1.29, 1.82) is 5.26 Å². The highest BCUT2D eigenvalue weighted by molar-refractivity contribution is 6.30. The Morgan fingerprint density at radius 3 is 2.82 bits per heavy atom. The van der Waals surface area contributed by atoms with Crippen LogP contribution in [0, 0.1) is 17.2 Å². The number of hydrogen-bond acceptors (Lipinski definition) is 4. The molecule has 0 bridgehead atoms. The third-order valence-electron chi connectivity index (χ3n) is 6.09. The third kappa shape index (κ3) is 6.44. The van der Waals surface area contributed by atoms with E-state index in [2.05, 4.69) is 31.9 Å². The topological polar surface area (TPSA) is 74.0 Å². The number of nitrogens with one attached hydrogen (secondary N) is 1. The maximum atomic E-state index is 12.8. The number of nitrogens with zero attached hydrogens (tertiary/aromatic N) is 4. The van der Waals surface area contributed by atoms with Crippen LogP contribution in [0.5, 0.6) is 0 Å². The summed E-state index contributed by atoms with van der Waals surface area (Å²) < 4.78 is 2.08. The average Bonchev–Trinajstić information content (AvgIpc) is 3.26. The number of amides is 1. The first-order valence-corrected chi connectivity index (χ1v) is 11.7. The lowest BCUT2D eigenvalue weighted by Gasteiger charge is -2.32. The summed E-state index contributed by atoms with van der Waals surface area (Å²) in [6, 6.07) is 17.6. The van der Waals surface area contributed by atoms with Gasteiger partial charge < -0.3 is 9.88 Å². The fourth-order valence-corrected chi connectivity index (χ4v) is 4.56. The van der Waals surface area contributed by atoms with Gasteiger partial charge in [0.15, 0.2) is 0 Å². The summed E-state index contributed by atoms with van der Waals surface area (Å²) in [6.45, 7) is 3.87. The van der Waals surface area contributed by atoms with Crippen LogP contribution in [0.25, 0.3) is 0 Å². The number of carbonyl (C=O) groups is 1. The molecule has 1 fully saturated rings. The van der Waals surface area contributed by atoms with E-state index >= 15 is 0 Å². The van der Waals surface area contributed by atoms with Crippen LogP contribution in [0.1, 0.15) is 35.2 Å². The molecule has 3 aromatic rings. The van der Waals surface area contributed by atoms with Gasteiger partial charge in [0, 0.05) is 49.5 Å². The first-order chi connectivity index (χ1) is 16.1. The van der Waals surface area contributed by atoms with Crippen molar-refractivity contribution < 1.29 is 4.79 Å². The van der Waals surface area contributed by atoms with Crippen LogP contribution in [0.2, 0.25) is 5.02 Å². The number of hydrogen-bond donors (Lipinski definition) is 1. The first-order valence-electron chi connectivity index (χ1n) is 11.3. The van der Waals surface area contributed by atoms with E-state index < -0.39 is 0 Å². The van der Waals surface area contributed by atoms with Crippen LogP contribution < -0.4 is 5.32 Å². The molecule has 1 aromatic heterocycles. The summed E-state index contributed by atoms with van der Waals surface area (Å²) in [5.74, 6) is 0.144. The van der Waals surface area contributed by atoms with E-state index in [0.717, 1.165) is 55.2 Å². The lowest BCUT2D eigenvalue weighted by molar-refractivity contribution is -0.126. The highest BCUT2D eigenvalue weighted by Gasteiger charge is 2.25. The minimum Gasteiger partial charge on any atom is -0.355 e. The van der Waals surface area contributed by atoms with Gasteiger partial charge in [-0.3, -0.25) is 9.69 Å². The predicted octanol–water partition coefficient (Wildman–Crippen LogP) is 4.03. The van der Waals surface area contributed by atoms with Gasteiger partial charge in [0.25, 0.3) is 0 Å². The van der Waals surface area contributed by atoms with E-state index in [1.807, 2.05) is 55.0 Å². The van der Waals surface area contributed by atoms with Crippen molar-refractivity contribution in [3.8, 4) is 6.07 Å². The quantitative estimate of drug-likeness (QED) is 0.549. The second kappa shape index (κ2) is 11.1. The van der Waals surface area contributed by atoms with Crippen molar-refractivity contribution in [3.05, 3.63) is 88.5 Å². The van der Waals surface area contributed by atoms with Crippen LogP contribution in [-0.4, -0.2) is 40.0 Å². The molecule has 1 aliphatic heterocycles. The van der Waals surface area contributed by atoms with Gasteiger partial charge >= 0.3 is 0 Å². The minimum absolute atomic E-state index is 0.0153. The minimum atomic E-state index is 0.0153. The number of aromatic nitrogens is 2. The van der Waals surface area contributed by atoms with Gasteiger partial charge in [0.1, 0.15) is 0 Å². The molecular weight excluding hydrogens is 434 g/mol. The number of benzene rings is 2. The van der Waals surface area contributed by atoms with Crippen molar-refractivity contribution in [1.82, 2.24) is 19.8 Å². The van der Waals surface area contributed by atoms with Crippen molar-refractivity contribution in [2.75, 3.05) is 19.6 Å². The molecule has 1 atom stereocenters. The second-order valence-corrected chi connectivity index (χ2v) is 9.00. The highest BCUT2D eigenvalue weighted by atomic mass is 35.5. The van der Waals surface area contributed by atoms with E-state index in [4.69, 9.17) is 16.9 Å². The molecule has 4 rings (SSSR count). The van der Waals surface area contributed by atoms with Crippen LogP contribution >= 0.6 is 11.6 Å². The smallest absolute Gasteiger partial charge is 0.224 e. The molecule has 6 nitrogen and oxygen atoms in total. The van der Waals surface area contributed by atoms with Gasteiger partial charge in [-0.05, 0) is 54.8 Å². The monoisotopic (exact) mass is 461 g/mol. The van der Waals surface area contributed by atoms with Crippen LogP contribution in [0.15, 0.2) is 61.1 Å². The molecule has 1 saturated heterocycles. The molecule has 33 heavy (non-hydrogen) atoms. The Labute approximate surface area is 199 Å². The zero-order valence-corrected chi connectivity index (χ0v) is 19.3. The van der Waals surface area contributed by atoms with Gasteiger partial charge in [-0.25, -0.2) is 4.98 Å². The molecule has 0 spiro atoms. The zero-order valence-electron chi connectivity index (χ0n) is 18.6. The third-order valence-corrected chi connectivity index (χ3v) is 6.32. The number of halogens is 1. The number of nitriles is 1. The van der Waals surface area contributed by atoms with Gasteiger partial charge in [0.2, 0.25) is 5.91 Å². The van der Waals surface area contributed by atoms with E-state index in [1.165, 1.54) is 5.56 Å². The molecule has 1 N–H and O–H groups in total. The Balaban J connectivity index is 1.25. The molecule has 2 heterocycles. The number of likely N-dealkylation sites (tertiary alicyclic amines) is 1. The normalized spacial score (nSPS) is 16.3. The van der Waals surface area contributed by atoms with Crippen molar-refractivity contribution >= 4 is 17.5 Å². The summed E-state index contributed by atoms with van der Waals surface area (Å²) in [5, 5.41) is 12.8. The van der Waals surface area contributed by atoms with E-state index in [9.17, 15) is 4.79 Å². The molecule has 170 valence electrons. The number of imidazole rings is 1. The Bertz CT molecular complexity index is 1120. The Morgan fingerprint density at radius 1 is 1.18 bits per heavy atom. The second-order valence-electron chi connectivity index (χ2n) is 8.57. The van der Waals surface area contributed by atoms with Crippen LogP contribution in [0.3, 0.4) is 0 Å². The molecule has 7 heteroatoms. The molecule has 1 aliphatic rings. The standard InChI is InChI=1S/C26H28ClN5O/c27-24-5-1-3-22(13-24)16-31-12-2-4-23(18-31)26(33)30-11-10-25-15-29-19-32(25)17-21-8-6-20(14-28)7-9-21/h1,3,5-9,13,15,19,23H,2,4,10-12,16-18H2,(H,30,33)/t23-/m0/s1. The predicted molar refractivity (Wildman–Crippen MR) is 129 cm³/mol. The van der Waals surface area contributed by atoms with Gasteiger partial charge in [-0.2, -0.15) is 5.26 Å². The summed E-state index contributed by atoms with van der Waals surface area (Å²) >= 11 is 6.11. The number of piperidine rings is 1. The number of carbonyl (C=O) groups excluding carboxylic acids is 1. The maximum absolute atomic E-state index is 12.8. The SMILES string of the molecule is N#Cc1ccc(Cn2cncc2CCNC(=O)[C@H]2CCCN(Cc3cccc(Cl)c3)C2)cc1. The Hall–Kier alpha value is -3.14. The molecule has 0 unspecified atom stereocenters. The zero-order chi connectivity index (χ0) is 23.0. The average molecular weight is 462 g/mol. The molecule has 1 amide bonds. The van der Waals surface area contributed by atoms with Crippen LogP contribution in [-0.2, 0) is 24.3 Å². The van der Waals surface area contributed by atoms with Crippen molar-refractivity contribution in [2.45, 2.75) is 32.4 Å².